The first kappa shape index (κ1) is 12.0. The molecule has 0 unspecified atom stereocenters. The molecule has 2 fully saturated rings. The van der Waals surface area contributed by atoms with Gasteiger partial charge in [0.15, 0.2) is 12.1 Å². The highest BCUT2D eigenvalue weighted by molar-refractivity contribution is 4.94. The lowest BCUT2D eigenvalue weighted by Crippen LogP contribution is -2.55. The molecule has 0 aromatic carbocycles. The standard InChI is InChI=1S/C11H19NO4/c1-4-5-13-10-9-8(7(12)6-14-10)15-11(2,3)16-9/h4,7-10H,1,5-6,12H2,2-3H3/t7-,8-,9-,10-/m0/s1. The SMILES string of the molecule is C=CCO[C@H]1OC[C@H](N)[C@@H]2OC(C)(C)O[C@H]12. The van der Waals surface area contributed by atoms with Gasteiger partial charge in [0.1, 0.15) is 12.2 Å². The normalized spacial score (nSPS) is 41.7. The van der Waals surface area contributed by atoms with Crippen molar-refractivity contribution in [1.82, 2.24) is 0 Å². The lowest BCUT2D eigenvalue weighted by atomic mass is 10.0. The van der Waals surface area contributed by atoms with E-state index in [-0.39, 0.29) is 18.2 Å². The van der Waals surface area contributed by atoms with Crippen LogP contribution in [0.3, 0.4) is 0 Å². The molecule has 5 heteroatoms. The van der Waals surface area contributed by atoms with Gasteiger partial charge >= 0.3 is 0 Å². The Hall–Kier alpha value is -0.460. The third-order valence-electron chi connectivity index (χ3n) is 2.69. The van der Waals surface area contributed by atoms with Gasteiger partial charge in [0.05, 0.1) is 19.3 Å². The Morgan fingerprint density at radius 3 is 2.81 bits per heavy atom. The van der Waals surface area contributed by atoms with E-state index >= 15 is 0 Å². The van der Waals surface area contributed by atoms with E-state index in [9.17, 15) is 0 Å². The van der Waals surface area contributed by atoms with Crippen molar-refractivity contribution in [3.05, 3.63) is 12.7 Å². The van der Waals surface area contributed by atoms with Crippen LogP contribution < -0.4 is 5.73 Å². The predicted octanol–water partition coefficient (Wildman–Crippen LogP) is 0.393. The zero-order chi connectivity index (χ0) is 11.8. The molecule has 2 aliphatic rings. The summed E-state index contributed by atoms with van der Waals surface area (Å²) in [5.41, 5.74) is 5.93. The summed E-state index contributed by atoms with van der Waals surface area (Å²) in [6, 6.07) is -0.171. The minimum absolute atomic E-state index is 0.168. The Balaban J connectivity index is 2.05. The van der Waals surface area contributed by atoms with Crippen molar-refractivity contribution in [3.63, 3.8) is 0 Å². The minimum atomic E-state index is -0.629. The average Bonchev–Trinajstić information content (AvgIpc) is 2.54. The van der Waals surface area contributed by atoms with Crippen molar-refractivity contribution in [3.8, 4) is 0 Å². The monoisotopic (exact) mass is 229 g/mol. The Morgan fingerprint density at radius 1 is 1.44 bits per heavy atom. The first-order chi connectivity index (χ1) is 7.53. The van der Waals surface area contributed by atoms with Crippen LogP contribution in [0.5, 0.6) is 0 Å². The molecule has 0 spiro atoms. The van der Waals surface area contributed by atoms with Gasteiger partial charge in [-0.05, 0) is 13.8 Å². The average molecular weight is 229 g/mol. The molecule has 2 heterocycles. The fourth-order valence-electron chi connectivity index (χ4n) is 2.06. The molecule has 16 heavy (non-hydrogen) atoms. The van der Waals surface area contributed by atoms with Crippen LogP contribution in [0, 0.1) is 0 Å². The van der Waals surface area contributed by atoms with E-state index in [2.05, 4.69) is 6.58 Å². The maximum atomic E-state index is 5.93. The third-order valence-corrected chi connectivity index (χ3v) is 2.69. The summed E-state index contributed by atoms with van der Waals surface area (Å²) in [7, 11) is 0. The van der Waals surface area contributed by atoms with E-state index in [1.807, 2.05) is 13.8 Å². The van der Waals surface area contributed by atoms with Crippen LogP contribution in [0.15, 0.2) is 12.7 Å². The lowest BCUT2D eigenvalue weighted by Gasteiger charge is -2.34. The molecule has 0 radical (unpaired) electrons. The zero-order valence-electron chi connectivity index (χ0n) is 9.72. The number of ether oxygens (including phenoxy) is 4. The van der Waals surface area contributed by atoms with Gasteiger partial charge in [0.25, 0.3) is 0 Å². The molecule has 0 saturated carbocycles. The highest BCUT2D eigenvalue weighted by Crippen LogP contribution is 2.35. The molecule has 4 atom stereocenters. The van der Waals surface area contributed by atoms with Crippen LogP contribution >= 0.6 is 0 Å². The van der Waals surface area contributed by atoms with Gasteiger partial charge in [-0.1, -0.05) is 6.08 Å². The highest BCUT2D eigenvalue weighted by atomic mass is 16.8. The summed E-state index contributed by atoms with van der Waals surface area (Å²) in [4.78, 5) is 0. The summed E-state index contributed by atoms with van der Waals surface area (Å²) in [6.45, 7) is 8.17. The Labute approximate surface area is 95.5 Å². The quantitative estimate of drug-likeness (QED) is 0.709. The fourth-order valence-corrected chi connectivity index (χ4v) is 2.06. The van der Waals surface area contributed by atoms with Crippen LogP contribution in [0.25, 0.3) is 0 Å². The van der Waals surface area contributed by atoms with Crippen molar-refractivity contribution in [1.29, 1.82) is 0 Å². The lowest BCUT2D eigenvalue weighted by molar-refractivity contribution is -0.228. The van der Waals surface area contributed by atoms with Gasteiger partial charge in [-0.3, -0.25) is 0 Å². The molecule has 0 aromatic heterocycles. The van der Waals surface area contributed by atoms with Gasteiger partial charge < -0.3 is 24.7 Å². The molecule has 0 aliphatic carbocycles. The van der Waals surface area contributed by atoms with Gasteiger partial charge in [0.2, 0.25) is 0 Å². The van der Waals surface area contributed by atoms with E-state index in [1.54, 1.807) is 6.08 Å². The largest absolute Gasteiger partial charge is 0.348 e. The van der Waals surface area contributed by atoms with E-state index in [4.69, 9.17) is 24.7 Å². The number of hydrogen-bond donors (Lipinski definition) is 1. The van der Waals surface area contributed by atoms with Crippen LogP contribution in [0.1, 0.15) is 13.8 Å². The Bertz CT molecular complexity index is 269. The maximum Gasteiger partial charge on any atom is 0.186 e. The summed E-state index contributed by atoms with van der Waals surface area (Å²) in [6.07, 6.45) is 0.815. The second-order valence-corrected chi connectivity index (χ2v) is 4.55. The van der Waals surface area contributed by atoms with Crippen LogP contribution in [0.2, 0.25) is 0 Å². The number of rotatable bonds is 3. The van der Waals surface area contributed by atoms with Crippen LogP contribution in [-0.4, -0.2) is 43.5 Å². The molecule has 0 bridgehead atoms. The van der Waals surface area contributed by atoms with E-state index in [0.29, 0.717) is 13.2 Å². The van der Waals surface area contributed by atoms with Gasteiger partial charge in [-0.15, -0.1) is 6.58 Å². The fraction of sp³-hybridized carbons (Fsp3) is 0.818. The van der Waals surface area contributed by atoms with Crippen molar-refractivity contribution in [2.75, 3.05) is 13.2 Å². The van der Waals surface area contributed by atoms with Crippen molar-refractivity contribution < 1.29 is 18.9 Å². The first-order valence-electron chi connectivity index (χ1n) is 5.49. The summed E-state index contributed by atoms with van der Waals surface area (Å²) < 4.78 is 22.5. The maximum absolute atomic E-state index is 5.93. The highest BCUT2D eigenvalue weighted by Gasteiger charge is 2.51. The number of nitrogens with two attached hydrogens (primary N) is 1. The van der Waals surface area contributed by atoms with Gasteiger partial charge in [-0.25, -0.2) is 0 Å². The van der Waals surface area contributed by atoms with Crippen molar-refractivity contribution in [2.45, 2.75) is 44.2 Å². The van der Waals surface area contributed by atoms with E-state index in [0.717, 1.165) is 0 Å². The van der Waals surface area contributed by atoms with Gasteiger partial charge in [0, 0.05) is 0 Å². The van der Waals surface area contributed by atoms with Crippen molar-refractivity contribution >= 4 is 0 Å². The van der Waals surface area contributed by atoms with E-state index < -0.39 is 12.1 Å². The first-order valence-corrected chi connectivity index (χ1v) is 5.49. The molecule has 2 saturated heterocycles. The molecule has 0 amide bonds. The topological polar surface area (TPSA) is 62.9 Å². The molecule has 5 nitrogen and oxygen atoms in total. The number of hydrogen-bond acceptors (Lipinski definition) is 5. The van der Waals surface area contributed by atoms with E-state index in [1.165, 1.54) is 0 Å². The Morgan fingerprint density at radius 2 is 2.12 bits per heavy atom. The molecular formula is C11H19NO4. The Kier molecular flexibility index (Phi) is 3.32. The second kappa shape index (κ2) is 4.43. The molecule has 92 valence electrons. The third kappa shape index (κ3) is 2.28. The molecule has 2 rings (SSSR count). The zero-order valence-corrected chi connectivity index (χ0v) is 9.72. The molecule has 0 aromatic rings. The molecule has 2 aliphatic heterocycles. The van der Waals surface area contributed by atoms with Crippen molar-refractivity contribution in [2.24, 2.45) is 5.73 Å². The molecular weight excluding hydrogens is 210 g/mol. The minimum Gasteiger partial charge on any atom is -0.348 e. The number of fused-ring (bicyclic) bond motifs is 1. The van der Waals surface area contributed by atoms with Crippen LogP contribution in [0.4, 0.5) is 0 Å². The summed E-state index contributed by atoms with van der Waals surface area (Å²) in [5.74, 6) is -0.629. The van der Waals surface area contributed by atoms with Crippen LogP contribution in [-0.2, 0) is 18.9 Å². The van der Waals surface area contributed by atoms with Gasteiger partial charge in [-0.2, -0.15) is 0 Å². The second-order valence-electron chi connectivity index (χ2n) is 4.55. The predicted molar refractivity (Wildman–Crippen MR) is 57.7 cm³/mol. The molecule has 2 N–H and O–H groups in total. The smallest absolute Gasteiger partial charge is 0.186 e. The summed E-state index contributed by atoms with van der Waals surface area (Å²) in [5, 5.41) is 0. The summed E-state index contributed by atoms with van der Waals surface area (Å²) >= 11 is 0.